The highest BCUT2D eigenvalue weighted by Crippen LogP contribution is 2.54. The molecule has 5 nitrogen and oxygen atoms in total. The average molecular weight is 504 g/mol. The number of rotatable bonds is 8. The molecule has 196 valence electrons. The first-order valence-electron chi connectivity index (χ1n) is 13.6. The lowest BCUT2D eigenvalue weighted by Gasteiger charge is -2.47. The average Bonchev–Trinajstić information content (AvgIpc) is 2.78. The highest BCUT2D eigenvalue weighted by Gasteiger charge is 2.46. The summed E-state index contributed by atoms with van der Waals surface area (Å²) in [6.45, 7) is 11.4. The van der Waals surface area contributed by atoms with E-state index in [1.807, 2.05) is 6.07 Å². The zero-order chi connectivity index (χ0) is 25.4. The van der Waals surface area contributed by atoms with Crippen LogP contribution in [-0.4, -0.2) is 30.9 Å². The highest BCUT2D eigenvalue weighted by atomic mass is 32.2. The van der Waals surface area contributed by atoms with Crippen LogP contribution in [0.2, 0.25) is 0 Å². The van der Waals surface area contributed by atoms with Crippen LogP contribution in [0, 0.1) is 5.92 Å². The van der Waals surface area contributed by atoms with E-state index in [1.54, 1.807) is 0 Å². The van der Waals surface area contributed by atoms with Gasteiger partial charge in [0.15, 0.2) is 0 Å². The van der Waals surface area contributed by atoms with E-state index in [4.69, 9.17) is 4.74 Å². The number of phenols is 1. The number of ether oxygens (including phenoxy) is 1. The van der Waals surface area contributed by atoms with Crippen LogP contribution in [0.3, 0.4) is 0 Å². The molecule has 0 aromatic heterocycles. The number of aromatic hydroxyl groups is 1. The third-order valence-corrected chi connectivity index (χ3v) is 10.8. The Labute approximate surface area is 212 Å². The molecule has 1 aromatic rings. The second kappa shape index (κ2) is 10.1. The van der Waals surface area contributed by atoms with Crippen molar-refractivity contribution in [3.8, 4) is 11.5 Å². The third kappa shape index (κ3) is 5.74. The molecule has 4 rings (SSSR count). The molecule has 2 N–H and O–H groups in total. The predicted octanol–water partition coefficient (Wildman–Crippen LogP) is 6.70. The van der Waals surface area contributed by atoms with E-state index >= 15 is 0 Å². The SMILES string of the molecule is CC1=CCC2C(C1)c1c(O)cc(C(C)(C)CCCCNS(=O)(=O)C3CCCCC3)cc1OC2(C)C. The number of hydrogen-bond acceptors (Lipinski definition) is 4. The summed E-state index contributed by atoms with van der Waals surface area (Å²) < 4.78 is 34.5. The molecule has 0 bridgehead atoms. The second-order valence-electron chi connectivity index (χ2n) is 12.4. The lowest BCUT2D eigenvalue weighted by Crippen LogP contribution is -2.45. The molecule has 1 aliphatic heterocycles. The van der Waals surface area contributed by atoms with Gasteiger partial charge in [-0.1, -0.05) is 51.2 Å². The lowest BCUT2D eigenvalue weighted by atomic mass is 9.66. The molecule has 6 heteroatoms. The molecule has 0 amide bonds. The minimum absolute atomic E-state index is 0.151. The summed E-state index contributed by atoms with van der Waals surface area (Å²) >= 11 is 0. The fraction of sp³-hybridized carbons (Fsp3) is 0.724. The van der Waals surface area contributed by atoms with Gasteiger partial charge in [0.05, 0.1) is 5.25 Å². The van der Waals surface area contributed by atoms with Gasteiger partial charge in [-0.3, -0.25) is 0 Å². The molecule has 1 aromatic carbocycles. The van der Waals surface area contributed by atoms with Crippen molar-refractivity contribution >= 4 is 10.0 Å². The fourth-order valence-electron chi connectivity index (χ4n) is 6.50. The number of nitrogens with one attached hydrogen (secondary N) is 1. The van der Waals surface area contributed by atoms with E-state index in [-0.39, 0.29) is 22.2 Å². The van der Waals surface area contributed by atoms with Crippen molar-refractivity contribution in [2.24, 2.45) is 5.92 Å². The molecule has 1 fully saturated rings. The fourth-order valence-corrected chi connectivity index (χ4v) is 8.12. The maximum absolute atomic E-state index is 12.6. The van der Waals surface area contributed by atoms with Gasteiger partial charge < -0.3 is 9.84 Å². The van der Waals surface area contributed by atoms with Crippen molar-refractivity contribution in [1.29, 1.82) is 0 Å². The van der Waals surface area contributed by atoms with Crippen LogP contribution in [0.5, 0.6) is 11.5 Å². The van der Waals surface area contributed by atoms with Crippen LogP contribution in [-0.2, 0) is 15.4 Å². The molecule has 0 radical (unpaired) electrons. The van der Waals surface area contributed by atoms with Crippen molar-refractivity contribution < 1.29 is 18.3 Å². The van der Waals surface area contributed by atoms with E-state index in [9.17, 15) is 13.5 Å². The van der Waals surface area contributed by atoms with E-state index in [0.717, 1.165) is 81.1 Å². The topological polar surface area (TPSA) is 75.6 Å². The van der Waals surface area contributed by atoms with Gasteiger partial charge in [-0.05, 0) is 82.4 Å². The van der Waals surface area contributed by atoms with Gasteiger partial charge in [0, 0.05) is 23.9 Å². The first-order chi connectivity index (χ1) is 16.4. The molecule has 2 aliphatic carbocycles. The van der Waals surface area contributed by atoms with Crippen molar-refractivity contribution in [2.45, 2.75) is 121 Å². The van der Waals surface area contributed by atoms with E-state index in [1.165, 1.54) is 5.57 Å². The molecule has 1 saturated carbocycles. The standard InChI is InChI=1S/C29H45NO4S/c1-20-13-14-24-23(17-20)27-25(31)18-21(19-26(27)34-29(24,4)5)28(2,3)15-9-10-16-30-35(32,33)22-11-7-6-8-12-22/h13,18-19,22-24,30-31H,6-12,14-17H2,1-5H3. The Hall–Kier alpha value is -1.53. The summed E-state index contributed by atoms with van der Waals surface area (Å²) in [6.07, 6.45) is 11.7. The van der Waals surface area contributed by atoms with Crippen LogP contribution < -0.4 is 9.46 Å². The number of benzene rings is 1. The Morgan fingerprint density at radius 1 is 1.14 bits per heavy atom. The normalized spacial score (nSPS) is 24.8. The molecule has 2 unspecified atom stereocenters. The summed E-state index contributed by atoms with van der Waals surface area (Å²) in [5.74, 6) is 1.83. The summed E-state index contributed by atoms with van der Waals surface area (Å²) in [6, 6.07) is 4.09. The second-order valence-corrected chi connectivity index (χ2v) is 14.4. The summed E-state index contributed by atoms with van der Waals surface area (Å²) in [5.41, 5.74) is 3.01. The van der Waals surface area contributed by atoms with E-state index < -0.39 is 10.0 Å². The molecule has 3 aliphatic rings. The number of sulfonamides is 1. The largest absolute Gasteiger partial charge is 0.508 e. The number of hydrogen-bond donors (Lipinski definition) is 2. The van der Waals surface area contributed by atoms with Crippen molar-refractivity contribution in [3.05, 3.63) is 34.9 Å². The maximum Gasteiger partial charge on any atom is 0.214 e. The number of allylic oxidation sites excluding steroid dienone is 2. The van der Waals surface area contributed by atoms with E-state index in [2.05, 4.69) is 51.5 Å². The van der Waals surface area contributed by atoms with Crippen molar-refractivity contribution in [3.63, 3.8) is 0 Å². The minimum atomic E-state index is -3.20. The zero-order valence-corrected chi connectivity index (χ0v) is 23.1. The maximum atomic E-state index is 12.6. The molecular weight excluding hydrogens is 458 g/mol. The van der Waals surface area contributed by atoms with Crippen LogP contribution in [0.4, 0.5) is 0 Å². The minimum Gasteiger partial charge on any atom is -0.508 e. The summed E-state index contributed by atoms with van der Waals surface area (Å²) in [7, 11) is -3.20. The Morgan fingerprint density at radius 2 is 1.86 bits per heavy atom. The molecule has 2 atom stereocenters. The zero-order valence-electron chi connectivity index (χ0n) is 22.3. The Morgan fingerprint density at radius 3 is 2.57 bits per heavy atom. The molecule has 1 heterocycles. The van der Waals surface area contributed by atoms with Gasteiger partial charge in [0.2, 0.25) is 10.0 Å². The van der Waals surface area contributed by atoms with Gasteiger partial charge in [0.1, 0.15) is 17.1 Å². The number of unbranched alkanes of at least 4 members (excludes halogenated alkanes) is 1. The van der Waals surface area contributed by atoms with Gasteiger partial charge in [-0.15, -0.1) is 0 Å². The van der Waals surface area contributed by atoms with Gasteiger partial charge in [0.25, 0.3) is 0 Å². The van der Waals surface area contributed by atoms with Gasteiger partial charge in [-0.2, -0.15) is 0 Å². The Kier molecular flexibility index (Phi) is 7.64. The predicted molar refractivity (Wildman–Crippen MR) is 143 cm³/mol. The van der Waals surface area contributed by atoms with Gasteiger partial charge in [-0.25, -0.2) is 13.1 Å². The van der Waals surface area contributed by atoms with Crippen molar-refractivity contribution in [2.75, 3.05) is 6.54 Å². The summed E-state index contributed by atoms with van der Waals surface area (Å²) in [5, 5.41) is 10.9. The smallest absolute Gasteiger partial charge is 0.214 e. The monoisotopic (exact) mass is 503 g/mol. The van der Waals surface area contributed by atoms with Crippen LogP contribution in [0.25, 0.3) is 0 Å². The molecule has 35 heavy (non-hydrogen) atoms. The highest BCUT2D eigenvalue weighted by molar-refractivity contribution is 7.90. The van der Waals surface area contributed by atoms with Gasteiger partial charge >= 0.3 is 0 Å². The first kappa shape index (κ1) is 26.5. The number of phenolic OH excluding ortho intramolecular Hbond substituents is 1. The number of fused-ring (bicyclic) bond motifs is 3. The van der Waals surface area contributed by atoms with Crippen LogP contribution >= 0.6 is 0 Å². The molecule has 0 saturated heterocycles. The summed E-state index contributed by atoms with van der Waals surface area (Å²) in [4.78, 5) is 0. The third-order valence-electron chi connectivity index (χ3n) is 8.81. The molecular formula is C29H45NO4S. The van der Waals surface area contributed by atoms with E-state index in [0.29, 0.717) is 18.2 Å². The Balaban J connectivity index is 1.40. The van der Waals surface area contributed by atoms with Crippen LogP contribution in [0.15, 0.2) is 23.8 Å². The lowest BCUT2D eigenvalue weighted by molar-refractivity contribution is 0.00741. The molecule has 0 spiro atoms. The van der Waals surface area contributed by atoms with Crippen molar-refractivity contribution in [1.82, 2.24) is 4.72 Å². The quantitative estimate of drug-likeness (QED) is 0.306. The van der Waals surface area contributed by atoms with Crippen LogP contribution in [0.1, 0.15) is 116 Å². The Bertz CT molecular complexity index is 1050. The first-order valence-corrected chi connectivity index (χ1v) is 15.2.